The van der Waals surface area contributed by atoms with Gasteiger partial charge in [-0.1, -0.05) is 26.3 Å². The molecule has 1 aromatic carbocycles. The highest BCUT2D eigenvalue weighted by atomic mass is 35.5. The quantitative estimate of drug-likeness (QED) is 0.721. The highest BCUT2D eigenvalue weighted by molar-refractivity contribution is 6.17. The van der Waals surface area contributed by atoms with Crippen LogP contribution in [0.2, 0.25) is 0 Å². The second-order valence-corrected chi connectivity index (χ2v) is 4.92. The summed E-state index contributed by atoms with van der Waals surface area (Å²) in [6.07, 6.45) is 1.15. The van der Waals surface area contributed by atoms with Crippen molar-refractivity contribution in [1.82, 2.24) is 0 Å². The molecule has 0 aliphatic carbocycles. The Morgan fingerprint density at radius 2 is 2.11 bits per heavy atom. The third-order valence-corrected chi connectivity index (χ3v) is 3.60. The summed E-state index contributed by atoms with van der Waals surface area (Å²) in [5.41, 5.74) is 2.74. The number of halogens is 1. The monoisotopic (exact) mass is 264 g/mol. The van der Waals surface area contributed by atoms with Crippen molar-refractivity contribution < 1.29 is 0 Å². The highest BCUT2D eigenvalue weighted by Crippen LogP contribution is 2.23. The summed E-state index contributed by atoms with van der Waals surface area (Å²) in [6, 6.07) is 8.18. The van der Waals surface area contributed by atoms with Crippen LogP contribution < -0.4 is 4.90 Å². The Balaban J connectivity index is 3.02. The number of alkyl halides is 1. The van der Waals surface area contributed by atoms with E-state index in [2.05, 4.69) is 31.7 Å². The first-order valence-electron chi connectivity index (χ1n) is 6.50. The summed E-state index contributed by atoms with van der Waals surface area (Å²) < 4.78 is 0. The van der Waals surface area contributed by atoms with Gasteiger partial charge in [-0.2, -0.15) is 5.26 Å². The molecule has 0 aliphatic rings. The molecule has 1 unspecified atom stereocenters. The lowest BCUT2D eigenvalue weighted by Crippen LogP contribution is -2.28. The van der Waals surface area contributed by atoms with Gasteiger partial charge in [0.25, 0.3) is 0 Å². The van der Waals surface area contributed by atoms with Gasteiger partial charge in [-0.05, 0) is 30.5 Å². The fourth-order valence-corrected chi connectivity index (χ4v) is 2.10. The van der Waals surface area contributed by atoms with Gasteiger partial charge in [0.15, 0.2) is 0 Å². The maximum Gasteiger partial charge on any atom is 0.101 e. The van der Waals surface area contributed by atoms with E-state index in [4.69, 9.17) is 11.6 Å². The minimum Gasteiger partial charge on any atom is -0.370 e. The molecule has 0 fully saturated rings. The lowest BCUT2D eigenvalue weighted by atomic mass is 10.1. The van der Waals surface area contributed by atoms with E-state index in [0.717, 1.165) is 36.3 Å². The summed E-state index contributed by atoms with van der Waals surface area (Å²) in [7, 11) is 0. The van der Waals surface area contributed by atoms with E-state index >= 15 is 0 Å². The van der Waals surface area contributed by atoms with E-state index < -0.39 is 0 Å². The van der Waals surface area contributed by atoms with Crippen molar-refractivity contribution in [1.29, 1.82) is 5.26 Å². The van der Waals surface area contributed by atoms with E-state index in [9.17, 15) is 5.26 Å². The maximum absolute atomic E-state index is 9.25. The standard InChI is InChI=1S/C15H21ClN2/c1-4-12(3)11-18(5-2)15-7-6-13(9-16)8-14(15)10-17/h6-8,12H,4-5,9,11H2,1-3H3. The Morgan fingerprint density at radius 1 is 1.39 bits per heavy atom. The summed E-state index contributed by atoms with van der Waals surface area (Å²) in [4.78, 5) is 2.27. The molecule has 0 saturated heterocycles. The Kier molecular flexibility index (Phi) is 6.01. The van der Waals surface area contributed by atoms with Crippen molar-refractivity contribution in [2.45, 2.75) is 33.1 Å². The van der Waals surface area contributed by atoms with Crippen molar-refractivity contribution in [2.24, 2.45) is 5.92 Å². The molecule has 0 heterocycles. The predicted octanol–water partition coefficient (Wildman–Crippen LogP) is 4.17. The second-order valence-electron chi connectivity index (χ2n) is 4.65. The van der Waals surface area contributed by atoms with Crippen molar-refractivity contribution in [3.05, 3.63) is 29.3 Å². The van der Waals surface area contributed by atoms with Crippen LogP contribution in [0.1, 0.15) is 38.3 Å². The van der Waals surface area contributed by atoms with Crippen LogP contribution >= 0.6 is 11.6 Å². The highest BCUT2D eigenvalue weighted by Gasteiger charge is 2.12. The number of hydrogen-bond donors (Lipinski definition) is 0. The topological polar surface area (TPSA) is 27.0 Å². The third-order valence-electron chi connectivity index (χ3n) is 3.29. The number of anilines is 1. The molecule has 0 aromatic heterocycles. The van der Waals surface area contributed by atoms with Gasteiger partial charge >= 0.3 is 0 Å². The smallest absolute Gasteiger partial charge is 0.101 e. The fourth-order valence-electron chi connectivity index (χ4n) is 1.93. The molecule has 0 N–H and O–H groups in total. The van der Waals surface area contributed by atoms with Crippen molar-refractivity contribution in [2.75, 3.05) is 18.0 Å². The first-order valence-corrected chi connectivity index (χ1v) is 7.03. The first kappa shape index (κ1) is 14.9. The van der Waals surface area contributed by atoms with Gasteiger partial charge in [-0.3, -0.25) is 0 Å². The number of hydrogen-bond acceptors (Lipinski definition) is 2. The Bertz CT molecular complexity index is 423. The lowest BCUT2D eigenvalue weighted by molar-refractivity contribution is 0.548. The molecule has 0 saturated carbocycles. The van der Waals surface area contributed by atoms with Gasteiger partial charge in [0.05, 0.1) is 11.3 Å². The maximum atomic E-state index is 9.25. The minimum absolute atomic E-state index is 0.451. The van der Waals surface area contributed by atoms with Crippen LogP contribution in [0.5, 0.6) is 0 Å². The van der Waals surface area contributed by atoms with Crippen LogP contribution in [0.25, 0.3) is 0 Å². The molecule has 0 bridgehead atoms. The zero-order chi connectivity index (χ0) is 13.5. The van der Waals surface area contributed by atoms with E-state index in [0.29, 0.717) is 11.8 Å². The summed E-state index contributed by atoms with van der Waals surface area (Å²) in [5, 5.41) is 9.25. The van der Waals surface area contributed by atoms with Crippen molar-refractivity contribution in [3.8, 4) is 6.07 Å². The van der Waals surface area contributed by atoms with Gasteiger partial charge < -0.3 is 4.90 Å². The molecule has 18 heavy (non-hydrogen) atoms. The summed E-state index contributed by atoms with van der Waals surface area (Å²) in [5.74, 6) is 1.08. The Labute approximate surface area is 115 Å². The van der Waals surface area contributed by atoms with Gasteiger partial charge in [0.2, 0.25) is 0 Å². The number of nitrogens with zero attached hydrogens (tertiary/aromatic N) is 2. The zero-order valence-electron chi connectivity index (χ0n) is 11.4. The molecule has 0 aliphatic heterocycles. The molecule has 1 aromatic rings. The number of rotatable bonds is 6. The molecular weight excluding hydrogens is 244 g/mol. The molecule has 1 atom stereocenters. The second kappa shape index (κ2) is 7.28. The van der Waals surface area contributed by atoms with E-state index in [1.165, 1.54) is 0 Å². The van der Waals surface area contributed by atoms with Crippen LogP contribution in [0.4, 0.5) is 5.69 Å². The summed E-state index contributed by atoms with van der Waals surface area (Å²) in [6.45, 7) is 8.46. The van der Waals surface area contributed by atoms with E-state index in [1.807, 2.05) is 18.2 Å². The third kappa shape index (κ3) is 3.65. The van der Waals surface area contributed by atoms with Gasteiger partial charge in [-0.15, -0.1) is 11.6 Å². The van der Waals surface area contributed by atoms with Crippen LogP contribution in [0, 0.1) is 17.2 Å². The fraction of sp³-hybridized carbons (Fsp3) is 0.533. The Morgan fingerprint density at radius 3 is 2.61 bits per heavy atom. The Hall–Kier alpha value is -1.20. The predicted molar refractivity (Wildman–Crippen MR) is 78.1 cm³/mol. The molecule has 2 nitrogen and oxygen atoms in total. The molecule has 0 spiro atoms. The average Bonchev–Trinajstić information content (AvgIpc) is 2.43. The molecule has 3 heteroatoms. The van der Waals surface area contributed by atoms with Crippen LogP contribution in [-0.2, 0) is 5.88 Å². The average molecular weight is 265 g/mol. The molecule has 98 valence electrons. The van der Waals surface area contributed by atoms with E-state index in [-0.39, 0.29) is 0 Å². The molecule has 1 rings (SSSR count). The summed E-state index contributed by atoms with van der Waals surface area (Å²) >= 11 is 5.81. The zero-order valence-corrected chi connectivity index (χ0v) is 12.2. The van der Waals surface area contributed by atoms with Crippen LogP contribution in [-0.4, -0.2) is 13.1 Å². The first-order chi connectivity index (χ1) is 8.65. The normalized spacial score (nSPS) is 11.9. The molecule has 0 radical (unpaired) electrons. The van der Waals surface area contributed by atoms with Gasteiger partial charge in [-0.25, -0.2) is 0 Å². The molecule has 0 amide bonds. The van der Waals surface area contributed by atoms with Crippen molar-refractivity contribution >= 4 is 17.3 Å². The van der Waals surface area contributed by atoms with Crippen LogP contribution in [0.3, 0.4) is 0 Å². The van der Waals surface area contributed by atoms with Gasteiger partial charge in [0, 0.05) is 19.0 Å². The largest absolute Gasteiger partial charge is 0.370 e. The number of benzene rings is 1. The lowest BCUT2D eigenvalue weighted by Gasteiger charge is -2.27. The van der Waals surface area contributed by atoms with E-state index in [1.54, 1.807) is 0 Å². The number of nitriles is 1. The van der Waals surface area contributed by atoms with Crippen LogP contribution in [0.15, 0.2) is 18.2 Å². The SMILES string of the molecule is CCC(C)CN(CC)c1ccc(CCl)cc1C#N. The van der Waals surface area contributed by atoms with Gasteiger partial charge in [0.1, 0.15) is 6.07 Å². The molecular formula is C15H21ClN2. The van der Waals surface area contributed by atoms with Crippen molar-refractivity contribution in [3.63, 3.8) is 0 Å². The minimum atomic E-state index is 0.451.